The van der Waals surface area contributed by atoms with Crippen molar-refractivity contribution in [2.75, 3.05) is 0 Å². The van der Waals surface area contributed by atoms with Crippen LogP contribution >= 0.6 is 0 Å². The highest BCUT2D eigenvalue weighted by atomic mass is 15.2. The maximum absolute atomic E-state index is 5.62. The molecule has 4 heteroatoms. The van der Waals surface area contributed by atoms with Crippen LogP contribution in [0.5, 0.6) is 0 Å². The minimum Gasteiger partial charge on any atom is -0.308 e. The summed E-state index contributed by atoms with van der Waals surface area (Å²) in [7, 11) is 0. The number of fused-ring (bicyclic) bond motifs is 14. The van der Waals surface area contributed by atoms with Gasteiger partial charge in [0.25, 0.3) is 0 Å². The average Bonchev–Trinajstić information content (AvgIpc) is 3.86. The number of allylic oxidation sites excluding steroid dienone is 2. The number of para-hydroxylation sites is 3. The van der Waals surface area contributed by atoms with E-state index < -0.39 is 0 Å². The van der Waals surface area contributed by atoms with Gasteiger partial charge in [-0.3, -0.25) is 4.57 Å². The van der Waals surface area contributed by atoms with Crippen LogP contribution in [0.4, 0.5) is 0 Å². The lowest BCUT2D eigenvalue weighted by Gasteiger charge is -2.15. The van der Waals surface area contributed by atoms with E-state index in [1.807, 2.05) is 12.2 Å². The van der Waals surface area contributed by atoms with Gasteiger partial charge in [-0.2, -0.15) is 0 Å². The summed E-state index contributed by atoms with van der Waals surface area (Å²) >= 11 is 0. The maximum Gasteiger partial charge on any atom is 0.235 e. The van der Waals surface area contributed by atoms with Crippen molar-refractivity contribution in [3.63, 3.8) is 0 Å². The Morgan fingerprint density at radius 3 is 2.04 bits per heavy atom. The minimum atomic E-state index is 0.660. The number of benzene rings is 8. The molecule has 0 atom stereocenters. The molecule has 0 saturated heterocycles. The van der Waals surface area contributed by atoms with Crippen LogP contribution in [0, 0.1) is 6.92 Å². The van der Waals surface area contributed by atoms with E-state index in [9.17, 15) is 0 Å². The zero-order valence-electron chi connectivity index (χ0n) is 30.1. The van der Waals surface area contributed by atoms with Gasteiger partial charge in [-0.15, -0.1) is 0 Å². The molecule has 4 aromatic heterocycles. The largest absolute Gasteiger partial charge is 0.308 e. The van der Waals surface area contributed by atoms with Gasteiger partial charge in [0.2, 0.25) is 5.95 Å². The Morgan fingerprint density at radius 2 is 1.20 bits per heavy atom. The van der Waals surface area contributed by atoms with Gasteiger partial charge in [0, 0.05) is 43.3 Å². The first kappa shape index (κ1) is 30.2. The average molecular weight is 701 g/mol. The highest BCUT2D eigenvalue weighted by molar-refractivity contribution is 6.34. The molecule has 55 heavy (non-hydrogen) atoms. The standard InChI is InChI=1S/C51H32N4/c1-3-4-15-31-28-46-39(26-30(31)2)42-29-41-36-20-10-13-24-44(36)55(50(41)47-38-22-11-14-25-45(38)54(46)49(42)47)51-52-43-23-12-9-21-37(43)48(53-51)40-27-32-16-5-6-17-33(32)34-18-7-8-19-35(34)40/h3-29H,1H2,2H3/b15-4-. The molecule has 256 valence electrons. The van der Waals surface area contributed by atoms with Crippen LogP contribution in [0.2, 0.25) is 0 Å². The monoisotopic (exact) mass is 700 g/mol. The second-order valence-electron chi connectivity index (χ2n) is 14.6. The van der Waals surface area contributed by atoms with Gasteiger partial charge in [0.1, 0.15) is 0 Å². The summed E-state index contributed by atoms with van der Waals surface area (Å²) in [6.45, 7) is 6.12. The van der Waals surface area contributed by atoms with E-state index in [2.05, 4.69) is 174 Å². The van der Waals surface area contributed by atoms with Crippen LogP contribution in [0.25, 0.3) is 116 Å². The molecule has 0 aliphatic carbocycles. The first-order chi connectivity index (χ1) is 27.2. The molecule has 0 bridgehead atoms. The van der Waals surface area contributed by atoms with Crippen molar-refractivity contribution in [1.29, 1.82) is 0 Å². The van der Waals surface area contributed by atoms with Gasteiger partial charge < -0.3 is 4.40 Å². The normalized spacial score (nSPS) is 12.5. The molecule has 0 aliphatic heterocycles. The van der Waals surface area contributed by atoms with Crippen molar-refractivity contribution in [3.8, 4) is 17.2 Å². The van der Waals surface area contributed by atoms with Gasteiger partial charge in [0.05, 0.1) is 38.8 Å². The Bertz CT molecular complexity index is 3630. The summed E-state index contributed by atoms with van der Waals surface area (Å²) < 4.78 is 4.79. The van der Waals surface area contributed by atoms with Crippen molar-refractivity contribution in [2.24, 2.45) is 0 Å². The first-order valence-electron chi connectivity index (χ1n) is 18.8. The Hall–Kier alpha value is -7.30. The Labute approximate surface area is 315 Å². The van der Waals surface area contributed by atoms with Gasteiger partial charge in [-0.1, -0.05) is 128 Å². The number of rotatable bonds is 4. The lowest BCUT2D eigenvalue weighted by molar-refractivity contribution is 1.02. The van der Waals surface area contributed by atoms with Crippen molar-refractivity contribution in [3.05, 3.63) is 175 Å². The van der Waals surface area contributed by atoms with Crippen LogP contribution < -0.4 is 0 Å². The molecule has 0 amide bonds. The molecule has 4 nitrogen and oxygen atoms in total. The van der Waals surface area contributed by atoms with E-state index in [0.717, 1.165) is 33.2 Å². The van der Waals surface area contributed by atoms with Crippen LogP contribution in [-0.2, 0) is 0 Å². The third-order valence-corrected chi connectivity index (χ3v) is 11.7. The summed E-state index contributed by atoms with van der Waals surface area (Å²) in [6.07, 6.45) is 6.01. The predicted octanol–water partition coefficient (Wildman–Crippen LogP) is 13.4. The van der Waals surface area contributed by atoms with Crippen LogP contribution in [0.15, 0.2) is 164 Å². The minimum absolute atomic E-state index is 0.660. The van der Waals surface area contributed by atoms with Gasteiger partial charge >= 0.3 is 0 Å². The molecule has 0 radical (unpaired) electrons. The smallest absolute Gasteiger partial charge is 0.235 e. The van der Waals surface area contributed by atoms with Crippen LogP contribution in [-0.4, -0.2) is 18.9 Å². The number of hydrogen-bond donors (Lipinski definition) is 0. The van der Waals surface area contributed by atoms with Gasteiger partial charge in [-0.25, -0.2) is 9.97 Å². The van der Waals surface area contributed by atoms with Gasteiger partial charge in [0.15, 0.2) is 0 Å². The van der Waals surface area contributed by atoms with E-state index in [-0.39, 0.29) is 0 Å². The molecule has 0 unspecified atom stereocenters. The van der Waals surface area contributed by atoms with Crippen molar-refractivity contribution in [1.82, 2.24) is 18.9 Å². The van der Waals surface area contributed by atoms with E-state index >= 15 is 0 Å². The lowest BCUT2D eigenvalue weighted by Crippen LogP contribution is -2.04. The molecule has 8 aromatic carbocycles. The fourth-order valence-electron chi connectivity index (χ4n) is 9.35. The summed E-state index contributed by atoms with van der Waals surface area (Å²) in [5.41, 5.74) is 11.2. The molecule has 0 N–H and O–H groups in total. The fraction of sp³-hybridized carbons (Fsp3) is 0.0196. The predicted molar refractivity (Wildman–Crippen MR) is 233 cm³/mol. The topological polar surface area (TPSA) is 35.1 Å². The van der Waals surface area contributed by atoms with Crippen molar-refractivity contribution < 1.29 is 0 Å². The van der Waals surface area contributed by atoms with Crippen molar-refractivity contribution >= 4 is 98.4 Å². The van der Waals surface area contributed by atoms with E-state index in [4.69, 9.17) is 9.97 Å². The van der Waals surface area contributed by atoms with E-state index in [0.29, 0.717) is 5.95 Å². The number of nitrogens with zero attached hydrogens (tertiary/aromatic N) is 4. The number of aromatic nitrogens is 4. The lowest BCUT2D eigenvalue weighted by atomic mass is 9.94. The third kappa shape index (κ3) is 4.05. The fourth-order valence-corrected chi connectivity index (χ4v) is 9.35. The van der Waals surface area contributed by atoms with Gasteiger partial charge in [-0.05, 0) is 82.1 Å². The number of hydrogen-bond acceptors (Lipinski definition) is 2. The Balaban J connectivity index is 1.26. The Kier molecular flexibility index (Phi) is 6.10. The molecule has 12 aromatic rings. The molecule has 0 spiro atoms. The molecule has 0 aliphatic rings. The zero-order chi connectivity index (χ0) is 36.4. The SMILES string of the molecule is C=C/C=C\c1cc2c(cc1C)c1cc3c4ccccc4n(-c4nc(-c5cc6ccccc6c6ccccc56)c5ccccc5n4)c3c3c4ccccc4n2c13. The summed E-state index contributed by atoms with van der Waals surface area (Å²) in [6, 6.07) is 52.7. The molecule has 4 heterocycles. The molecule has 0 fully saturated rings. The summed E-state index contributed by atoms with van der Waals surface area (Å²) in [5, 5.41) is 13.2. The molecular formula is C51H32N4. The zero-order valence-corrected chi connectivity index (χ0v) is 30.1. The quantitative estimate of drug-likeness (QED) is 0.135. The van der Waals surface area contributed by atoms with Crippen LogP contribution in [0.1, 0.15) is 11.1 Å². The summed E-state index contributed by atoms with van der Waals surface area (Å²) in [5.74, 6) is 0.660. The number of aryl methyl sites for hydroxylation is 1. The van der Waals surface area contributed by atoms with E-state index in [1.165, 1.54) is 81.5 Å². The highest BCUT2D eigenvalue weighted by Crippen LogP contribution is 2.47. The Morgan fingerprint density at radius 1 is 0.527 bits per heavy atom. The maximum atomic E-state index is 5.62. The molecule has 12 rings (SSSR count). The molecule has 0 saturated carbocycles. The third-order valence-electron chi connectivity index (χ3n) is 11.7. The second-order valence-corrected chi connectivity index (χ2v) is 14.6. The highest BCUT2D eigenvalue weighted by Gasteiger charge is 2.26. The summed E-state index contributed by atoms with van der Waals surface area (Å²) in [4.78, 5) is 11.0. The molecular weight excluding hydrogens is 669 g/mol. The van der Waals surface area contributed by atoms with E-state index in [1.54, 1.807) is 0 Å². The van der Waals surface area contributed by atoms with Crippen molar-refractivity contribution in [2.45, 2.75) is 6.92 Å². The van der Waals surface area contributed by atoms with Crippen LogP contribution in [0.3, 0.4) is 0 Å². The second kappa shape index (κ2) is 11.1. The first-order valence-corrected chi connectivity index (χ1v) is 18.8.